The van der Waals surface area contributed by atoms with E-state index in [9.17, 15) is 19.2 Å². The van der Waals surface area contributed by atoms with Crippen LogP contribution < -0.4 is 21.7 Å². The highest BCUT2D eigenvalue weighted by Crippen LogP contribution is 2.30. The molecule has 0 spiro atoms. The van der Waals surface area contributed by atoms with Crippen LogP contribution in [0.15, 0.2) is 85.9 Å². The Labute approximate surface area is 184 Å². The van der Waals surface area contributed by atoms with Crippen molar-refractivity contribution in [1.29, 1.82) is 0 Å². The first-order valence-corrected chi connectivity index (χ1v) is 10.9. The molecule has 1 aromatic heterocycles. The molecule has 0 saturated carbocycles. The van der Waals surface area contributed by atoms with Gasteiger partial charge in [-0.1, -0.05) is 60.2 Å². The zero-order valence-electron chi connectivity index (χ0n) is 16.9. The van der Waals surface area contributed by atoms with Crippen molar-refractivity contribution in [2.45, 2.75) is 6.92 Å². The fourth-order valence-corrected chi connectivity index (χ4v) is 5.64. The third-order valence-electron chi connectivity index (χ3n) is 6.08. The van der Waals surface area contributed by atoms with Crippen molar-refractivity contribution in [2.24, 2.45) is 0 Å². The number of benzene rings is 5. The predicted molar refractivity (Wildman–Crippen MR) is 132 cm³/mol. The summed E-state index contributed by atoms with van der Waals surface area (Å²) in [5.41, 5.74) is 1.44. The summed E-state index contributed by atoms with van der Waals surface area (Å²) < 4.78 is 0.344. The lowest BCUT2D eigenvalue weighted by Gasteiger charge is -2.04. The summed E-state index contributed by atoms with van der Waals surface area (Å²) in [7, 11) is 0. The summed E-state index contributed by atoms with van der Waals surface area (Å²) in [5, 5.41) is 1.28. The Kier molecular flexibility index (Phi) is 3.83. The molecule has 32 heavy (non-hydrogen) atoms. The zero-order chi connectivity index (χ0) is 22.1. The van der Waals surface area contributed by atoms with Gasteiger partial charge in [0, 0.05) is 21.5 Å². The second-order valence-electron chi connectivity index (χ2n) is 8.00. The number of rotatable bonds is 1. The monoisotopic (exact) mass is 434 g/mol. The molecule has 0 aliphatic heterocycles. The predicted octanol–water partition coefficient (Wildman–Crippen LogP) is 4.65. The molecule has 6 aromatic rings. The van der Waals surface area contributed by atoms with Gasteiger partial charge in [-0.25, -0.2) is 0 Å². The van der Waals surface area contributed by atoms with Crippen LogP contribution in [0.3, 0.4) is 0 Å². The normalized spacial score (nSPS) is 11.8. The van der Waals surface area contributed by atoms with E-state index >= 15 is 0 Å². The van der Waals surface area contributed by atoms with Crippen molar-refractivity contribution in [3.8, 4) is 11.1 Å². The van der Waals surface area contributed by atoms with Gasteiger partial charge < -0.3 is 0 Å². The maximum Gasteiger partial charge on any atom is 0.204 e. The molecule has 5 aromatic carbocycles. The molecule has 5 heteroatoms. The average Bonchev–Trinajstić information content (AvgIpc) is 3.23. The lowest BCUT2D eigenvalue weighted by Crippen LogP contribution is -2.15. The van der Waals surface area contributed by atoms with Crippen LogP contribution in [0.1, 0.15) is 5.56 Å². The minimum absolute atomic E-state index is 0.0661. The lowest BCUT2D eigenvalue weighted by molar-refractivity contribution is 1.47. The van der Waals surface area contributed by atoms with E-state index in [1.54, 1.807) is 36.4 Å². The first-order valence-electron chi connectivity index (χ1n) is 10.1. The summed E-state index contributed by atoms with van der Waals surface area (Å²) in [4.78, 5) is 53.2. The fourth-order valence-electron chi connectivity index (χ4n) is 4.43. The van der Waals surface area contributed by atoms with E-state index in [1.165, 1.54) is 0 Å². The molecule has 0 atom stereocenters. The number of fused-ring (bicyclic) bond motifs is 5. The third kappa shape index (κ3) is 2.43. The highest BCUT2D eigenvalue weighted by molar-refractivity contribution is 7.25. The maximum atomic E-state index is 13.6. The van der Waals surface area contributed by atoms with Crippen LogP contribution in [0.5, 0.6) is 0 Å². The van der Waals surface area contributed by atoms with Crippen molar-refractivity contribution < 1.29 is 0 Å². The summed E-state index contributed by atoms with van der Waals surface area (Å²) in [6.45, 7) is 2.00. The van der Waals surface area contributed by atoms with Crippen LogP contribution in [0.4, 0.5) is 0 Å². The summed E-state index contributed by atoms with van der Waals surface area (Å²) >= 11 is 0.950. The van der Waals surface area contributed by atoms with Crippen molar-refractivity contribution in [1.82, 2.24) is 0 Å². The van der Waals surface area contributed by atoms with E-state index in [2.05, 4.69) is 0 Å². The Balaban J connectivity index is 1.81. The van der Waals surface area contributed by atoms with Crippen molar-refractivity contribution >= 4 is 53.1 Å². The van der Waals surface area contributed by atoms with E-state index in [-0.39, 0.29) is 52.7 Å². The van der Waals surface area contributed by atoms with Gasteiger partial charge >= 0.3 is 0 Å². The molecule has 0 amide bonds. The molecule has 152 valence electrons. The molecule has 0 saturated heterocycles. The van der Waals surface area contributed by atoms with Gasteiger partial charge in [-0.2, -0.15) is 0 Å². The molecule has 6 rings (SSSR count). The van der Waals surface area contributed by atoms with Gasteiger partial charge in [0.05, 0.1) is 20.2 Å². The molecular weight excluding hydrogens is 420 g/mol. The van der Waals surface area contributed by atoms with Gasteiger partial charge in [0.15, 0.2) is 10.9 Å². The number of aryl methyl sites for hydroxylation is 1. The van der Waals surface area contributed by atoms with Crippen LogP contribution in [-0.2, 0) is 0 Å². The van der Waals surface area contributed by atoms with E-state index in [0.29, 0.717) is 10.8 Å². The average molecular weight is 434 g/mol. The molecule has 0 aliphatic carbocycles. The molecular formula is C27H14O4S. The van der Waals surface area contributed by atoms with Crippen molar-refractivity contribution in [3.05, 3.63) is 113 Å². The standard InChI is InChI=1S/C27H14O4S/c1-13-6-8-14(9-7-13)15-10-11-18-19(12-15)23(29)21-20-22(28)16-4-2-3-5-17(16)24(30)26(20)32-27(21)25(18)31/h2-12H,1H3. The number of thiophene rings is 1. The summed E-state index contributed by atoms with van der Waals surface area (Å²) in [5.74, 6) is 0. The zero-order valence-corrected chi connectivity index (χ0v) is 17.7. The van der Waals surface area contributed by atoms with E-state index in [4.69, 9.17) is 0 Å². The molecule has 4 nitrogen and oxygen atoms in total. The Morgan fingerprint density at radius 3 is 1.66 bits per heavy atom. The lowest BCUT2D eigenvalue weighted by atomic mass is 9.98. The molecule has 1 heterocycles. The van der Waals surface area contributed by atoms with Crippen LogP contribution in [-0.4, -0.2) is 0 Å². The number of hydrogen-bond acceptors (Lipinski definition) is 5. The van der Waals surface area contributed by atoms with Crippen molar-refractivity contribution in [2.75, 3.05) is 0 Å². The number of hydrogen-bond donors (Lipinski definition) is 0. The quantitative estimate of drug-likeness (QED) is 0.378. The smallest absolute Gasteiger partial charge is 0.204 e. The Hall–Kier alpha value is -3.96. The molecule has 0 bridgehead atoms. The molecule has 0 fully saturated rings. The summed E-state index contributed by atoms with van der Waals surface area (Å²) in [6.07, 6.45) is 0. The maximum absolute atomic E-state index is 13.6. The minimum atomic E-state index is -0.387. The van der Waals surface area contributed by atoms with Gasteiger partial charge in [-0.3, -0.25) is 19.2 Å². The van der Waals surface area contributed by atoms with Crippen LogP contribution in [0, 0.1) is 6.92 Å². The molecule has 0 N–H and O–H groups in total. The van der Waals surface area contributed by atoms with Gasteiger partial charge in [0.2, 0.25) is 10.9 Å². The second kappa shape index (κ2) is 6.52. The van der Waals surface area contributed by atoms with Gasteiger partial charge in [0.25, 0.3) is 0 Å². The topological polar surface area (TPSA) is 68.3 Å². The Morgan fingerprint density at radius 2 is 1.03 bits per heavy atom. The minimum Gasteiger partial charge on any atom is -0.289 e. The first-order chi connectivity index (χ1) is 15.5. The van der Waals surface area contributed by atoms with E-state index in [1.807, 2.05) is 37.3 Å². The van der Waals surface area contributed by atoms with Crippen LogP contribution >= 0.6 is 11.3 Å². The molecule has 0 unspecified atom stereocenters. The van der Waals surface area contributed by atoms with Gasteiger partial charge in [-0.15, -0.1) is 11.3 Å². The Morgan fingerprint density at radius 1 is 0.531 bits per heavy atom. The SMILES string of the molecule is Cc1ccc(-c2ccc3c(=O)c4sc5c(=O)c6ccccc6c(=O)c5c4c(=O)c3c2)cc1. The van der Waals surface area contributed by atoms with Gasteiger partial charge in [0.1, 0.15) is 0 Å². The Bertz CT molecular complexity index is 1950. The largest absolute Gasteiger partial charge is 0.289 e. The first kappa shape index (κ1) is 18.8. The van der Waals surface area contributed by atoms with Crippen LogP contribution in [0.25, 0.3) is 52.8 Å². The highest BCUT2D eigenvalue weighted by Gasteiger charge is 2.22. The fraction of sp³-hybridized carbons (Fsp3) is 0.0370. The van der Waals surface area contributed by atoms with E-state index in [0.717, 1.165) is 28.0 Å². The highest BCUT2D eigenvalue weighted by atomic mass is 32.1. The third-order valence-corrected chi connectivity index (χ3v) is 7.27. The second-order valence-corrected chi connectivity index (χ2v) is 9.02. The van der Waals surface area contributed by atoms with E-state index < -0.39 is 0 Å². The van der Waals surface area contributed by atoms with Crippen molar-refractivity contribution in [3.63, 3.8) is 0 Å². The molecule has 0 aliphatic rings. The van der Waals surface area contributed by atoms with Gasteiger partial charge in [-0.05, 0) is 30.2 Å². The summed E-state index contributed by atoms with van der Waals surface area (Å²) in [6, 6.07) is 19.6. The molecule has 0 radical (unpaired) electrons. The van der Waals surface area contributed by atoms with Crippen LogP contribution in [0.2, 0.25) is 0 Å².